The van der Waals surface area contributed by atoms with Crippen LogP contribution in [0.4, 0.5) is 5.69 Å². The summed E-state index contributed by atoms with van der Waals surface area (Å²) < 4.78 is 6.02. The van der Waals surface area contributed by atoms with Crippen molar-refractivity contribution < 1.29 is 4.52 Å². The minimum atomic E-state index is 0.570. The molecule has 2 heterocycles. The van der Waals surface area contributed by atoms with Gasteiger partial charge in [-0.3, -0.25) is 0 Å². The van der Waals surface area contributed by atoms with Gasteiger partial charge in [-0.15, -0.1) is 11.3 Å². The Morgan fingerprint density at radius 3 is 2.92 bits per heavy atom. The highest BCUT2D eigenvalue weighted by Gasteiger charge is 2.08. The molecule has 0 saturated heterocycles. The molecule has 5 heteroatoms. The topological polar surface area (TPSA) is 52.0 Å². The van der Waals surface area contributed by atoms with Crippen molar-refractivity contribution in [3.63, 3.8) is 0 Å². The second kappa shape index (κ2) is 2.91. The maximum Gasteiger partial charge on any atom is 0.190 e. The molecule has 0 aromatic carbocycles. The van der Waals surface area contributed by atoms with Crippen molar-refractivity contribution >= 4 is 33.0 Å². The summed E-state index contributed by atoms with van der Waals surface area (Å²) in [6.45, 7) is 0. The predicted octanol–water partition coefficient (Wildman–Crippen LogP) is 2.75. The SMILES string of the molecule is Nc1cnoc1-c1csc(Br)c1. The summed E-state index contributed by atoms with van der Waals surface area (Å²) in [6, 6.07) is 1.95. The number of thiophene rings is 1. The first-order valence-corrected chi connectivity index (χ1v) is 4.89. The Morgan fingerprint density at radius 2 is 2.42 bits per heavy atom. The fourth-order valence-electron chi connectivity index (χ4n) is 0.896. The lowest BCUT2D eigenvalue weighted by atomic mass is 10.2. The highest BCUT2D eigenvalue weighted by atomic mass is 79.9. The molecule has 0 saturated carbocycles. The summed E-state index contributed by atoms with van der Waals surface area (Å²) in [5.41, 5.74) is 7.14. The molecule has 12 heavy (non-hydrogen) atoms. The van der Waals surface area contributed by atoms with Crippen molar-refractivity contribution in [1.29, 1.82) is 0 Å². The van der Waals surface area contributed by atoms with Crippen molar-refractivity contribution in [3.8, 4) is 11.3 Å². The minimum absolute atomic E-state index is 0.570. The van der Waals surface area contributed by atoms with Crippen molar-refractivity contribution in [3.05, 3.63) is 21.4 Å². The molecule has 0 aliphatic rings. The van der Waals surface area contributed by atoms with E-state index in [4.69, 9.17) is 10.3 Å². The van der Waals surface area contributed by atoms with Gasteiger partial charge in [-0.25, -0.2) is 0 Å². The van der Waals surface area contributed by atoms with Gasteiger partial charge in [0.05, 0.1) is 9.98 Å². The molecule has 0 fully saturated rings. The molecule has 3 nitrogen and oxygen atoms in total. The summed E-state index contributed by atoms with van der Waals surface area (Å²) in [7, 11) is 0. The predicted molar refractivity (Wildman–Crippen MR) is 51.9 cm³/mol. The Labute approximate surface area is 81.3 Å². The highest BCUT2D eigenvalue weighted by molar-refractivity contribution is 9.11. The van der Waals surface area contributed by atoms with Gasteiger partial charge < -0.3 is 10.3 Å². The Bertz CT molecular complexity index is 396. The zero-order valence-electron chi connectivity index (χ0n) is 5.95. The van der Waals surface area contributed by atoms with E-state index in [9.17, 15) is 0 Å². The van der Waals surface area contributed by atoms with Crippen molar-refractivity contribution in [1.82, 2.24) is 5.16 Å². The van der Waals surface area contributed by atoms with Crippen LogP contribution in [0.15, 0.2) is 26.0 Å². The molecule has 2 N–H and O–H groups in total. The van der Waals surface area contributed by atoms with Crippen LogP contribution in [0.1, 0.15) is 0 Å². The first-order valence-electron chi connectivity index (χ1n) is 3.22. The largest absolute Gasteiger partial charge is 0.394 e. The molecule has 62 valence electrons. The van der Waals surface area contributed by atoms with Crippen LogP contribution >= 0.6 is 27.3 Å². The Morgan fingerprint density at radius 1 is 1.58 bits per heavy atom. The Kier molecular flexibility index (Phi) is 1.90. The van der Waals surface area contributed by atoms with E-state index < -0.39 is 0 Å². The molecular formula is C7H5BrN2OS. The van der Waals surface area contributed by atoms with Gasteiger partial charge in [0.2, 0.25) is 0 Å². The van der Waals surface area contributed by atoms with Gasteiger partial charge in [0.1, 0.15) is 5.69 Å². The normalized spacial score (nSPS) is 10.4. The minimum Gasteiger partial charge on any atom is -0.394 e. The van der Waals surface area contributed by atoms with Gasteiger partial charge in [-0.2, -0.15) is 0 Å². The summed E-state index contributed by atoms with van der Waals surface area (Å²) >= 11 is 4.94. The lowest BCUT2D eigenvalue weighted by molar-refractivity contribution is 0.432. The standard InChI is InChI=1S/C7H5BrN2OS/c8-6-1-4(3-12-6)7-5(9)2-10-11-7/h1-3H,9H2. The molecule has 0 unspecified atom stereocenters. The average molecular weight is 245 g/mol. The maximum absolute atomic E-state index is 5.61. The monoisotopic (exact) mass is 244 g/mol. The third-order valence-corrected chi connectivity index (χ3v) is 2.93. The molecule has 2 rings (SSSR count). The van der Waals surface area contributed by atoms with Gasteiger partial charge in [-0.05, 0) is 22.0 Å². The van der Waals surface area contributed by atoms with Crippen molar-refractivity contribution in [2.45, 2.75) is 0 Å². The molecule has 0 atom stereocenters. The van der Waals surface area contributed by atoms with E-state index in [2.05, 4.69) is 21.1 Å². The molecule has 0 spiro atoms. The van der Waals surface area contributed by atoms with Crippen LogP contribution in [-0.2, 0) is 0 Å². The first-order chi connectivity index (χ1) is 5.77. The number of halogens is 1. The summed E-state index contributed by atoms with van der Waals surface area (Å²) in [6.07, 6.45) is 1.50. The van der Waals surface area contributed by atoms with E-state index in [1.807, 2.05) is 11.4 Å². The Balaban J connectivity index is 2.50. The number of hydrogen-bond donors (Lipinski definition) is 1. The van der Waals surface area contributed by atoms with Crippen molar-refractivity contribution in [2.75, 3.05) is 5.73 Å². The van der Waals surface area contributed by atoms with Gasteiger partial charge in [-0.1, -0.05) is 5.16 Å². The number of anilines is 1. The molecule has 0 radical (unpaired) electrons. The van der Waals surface area contributed by atoms with E-state index in [-0.39, 0.29) is 0 Å². The number of nitrogen functional groups attached to an aromatic ring is 1. The van der Waals surface area contributed by atoms with Gasteiger partial charge >= 0.3 is 0 Å². The van der Waals surface area contributed by atoms with E-state index in [1.54, 1.807) is 11.3 Å². The molecule has 0 amide bonds. The summed E-state index contributed by atoms with van der Waals surface area (Å²) in [5.74, 6) is 0.636. The highest BCUT2D eigenvalue weighted by Crippen LogP contribution is 2.31. The molecule has 0 aliphatic heterocycles. The van der Waals surface area contributed by atoms with Crippen LogP contribution in [0.5, 0.6) is 0 Å². The first kappa shape index (κ1) is 7.82. The van der Waals surface area contributed by atoms with Crippen molar-refractivity contribution in [2.24, 2.45) is 0 Å². The molecule has 2 aromatic rings. The lowest BCUT2D eigenvalue weighted by Gasteiger charge is -1.88. The summed E-state index contributed by atoms with van der Waals surface area (Å²) in [5, 5.41) is 5.56. The zero-order valence-corrected chi connectivity index (χ0v) is 8.35. The number of nitrogens with zero attached hydrogens (tertiary/aromatic N) is 1. The van der Waals surface area contributed by atoms with Crippen LogP contribution in [0.3, 0.4) is 0 Å². The van der Waals surface area contributed by atoms with Crippen LogP contribution < -0.4 is 5.73 Å². The van der Waals surface area contributed by atoms with Crippen LogP contribution in [0.25, 0.3) is 11.3 Å². The molecule has 0 aliphatic carbocycles. The maximum atomic E-state index is 5.61. The molecule has 2 aromatic heterocycles. The molecular weight excluding hydrogens is 240 g/mol. The Hall–Kier alpha value is -0.810. The van der Waals surface area contributed by atoms with Crippen LogP contribution in [0, 0.1) is 0 Å². The van der Waals surface area contributed by atoms with Gasteiger partial charge in [0.25, 0.3) is 0 Å². The van der Waals surface area contributed by atoms with Crippen LogP contribution in [-0.4, -0.2) is 5.16 Å². The fraction of sp³-hybridized carbons (Fsp3) is 0. The van der Waals surface area contributed by atoms with E-state index in [0.29, 0.717) is 11.4 Å². The number of hydrogen-bond acceptors (Lipinski definition) is 4. The quantitative estimate of drug-likeness (QED) is 0.840. The second-order valence-corrected chi connectivity index (χ2v) is 4.54. The average Bonchev–Trinajstić information content (AvgIpc) is 2.58. The van der Waals surface area contributed by atoms with E-state index in [0.717, 1.165) is 9.35 Å². The van der Waals surface area contributed by atoms with E-state index >= 15 is 0 Å². The smallest absolute Gasteiger partial charge is 0.190 e. The third-order valence-electron chi connectivity index (χ3n) is 1.43. The molecule has 0 bridgehead atoms. The van der Waals surface area contributed by atoms with Gasteiger partial charge in [0, 0.05) is 10.9 Å². The second-order valence-electron chi connectivity index (χ2n) is 2.25. The zero-order chi connectivity index (χ0) is 8.55. The van der Waals surface area contributed by atoms with E-state index in [1.165, 1.54) is 6.20 Å². The number of rotatable bonds is 1. The fourth-order valence-corrected chi connectivity index (χ4v) is 2.03. The third kappa shape index (κ3) is 1.25. The van der Waals surface area contributed by atoms with Gasteiger partial charge in [0.15, 0.2) is 5.76 Å². The van der Waals surface area contributed by atoms with Crippen LogP contribution in [0.2, 0.25) is 0 Å². The number of aromatic nitrogens is 1. The lowest BCUT2D eigenvalue weighted by Crippen LogP contribution is -1.82. The summed E-state index contributed by atoms with van der Waals surface area (Å²) in [4.78, 5) is 0. The number of nitrogens with two attached hydrogens (primary N) is 1.